The topological polar surface area (TPSA) is 137 Å². The predicted octanol–water partition coefficient (Wildman–Crippen LogP) is 5.89. The molecule has 2 aromatic rings. The maximum absolute atomic E-state index is 14.0. The highest BCUT2D eigenvalue weighted by Gasteiger charge is 2.31. The summed E-state index contributed by atoms with van der Waals surface area (Å²) in [6, 6.07) is 11.2. The summed E-state index contributed by atoms with van der Waals surface area (Å²) in [5.74, 6) is -2.43. The second-order valence-corrected chi connectivity index (χ2v) is 13.4. The van der Waals surface area contributed by atoms with Crippen LogP contribution in [0.25, 0.3) is 0 Å². The van der Waals surface area contributed by atoms with E-state index in [2.05, 4.69) is 17.6 Å². The molecule has 0 aliphatic rings. The Bertz CT molecular complexity index is 1230. The lowest BCUT2D eigenvalue weighted by Crippen LogP contribution is -2.52. The lowest BCUT2D eigenvalue weighted by atomic mass is 9.92. The average Bonchev–Trinajstić information content (AvgIpc) is 3.03. The van der Waals surface area contributed by atoms with Crippen LogP contribution in [0.4, 0.5) is 8.78 Å². The van der Waals surface area contributed by atoms with Gasteiger partial charge in [0.05, 0.1) is 6.04 Å². The Balaban J connectivity index is 1.86. The molecule has 6 N–H and O–H groups in total. The fourth-order valence-electron chi connectivity index (χ4n) is 5.30. The van der Waals surface area contributed by atoms with E-state index in [0.29, 0.717) is 12.8 Å². The fraction of sp³-hybridized carbons (Fsp3) is 0.595. The molecule has 8 nitrogen and oxygen atoms in total. The van der Waals surface area contributed by atoms with Crippen molar-refractivity contribution in [1.82, 2.24) is 10.6 Å². The molecule has 0 saturated carbocycles. The number of hydrogen-bond donors (Lipinski definition) is 4. The molecule has 0 spiro atoms. The van der Waals surface area contributed by atoms with Gasteiger partial charge in [0.25, 0.3) is 5.91 Å². The first-order valence-electron chi connectivity index (χ1n) is 17.1. The number of unbranched alkanes of at least 4 members (excludes halogenated alkanes) is 8. The summed E-state index contributed by atoms with van der Waals surface area (Å²) in [5.41, 5.74) is 12.9. The Kier molecular flexibility index (Phi) is 18.2. The second-order valence-electron chi connectivity index (χ2n) is 13.4. The number of carbonyl (C=O) groups is 3. The SMILES string of the molecule is CCCCCCCCCCCC(=O)OC(C(=O)NCC(C)(C)CNC(=O)CC(N)Cc1cc(F)ccc1F)C(N)Cc1ccccc1. The van der Waals surface area contributed by atoms with Gasteiger partial charge < -0.3 is 26.8 Å². The van der Waals surface area contributed by atoms with Crippen LogP contribution in [-0.4, -0.2) is 49.1 Å². The van der Waals surface area contributed by atoms with Crippen LogP contribution >= 0.6 is 0 Å². The number of nitrogens with one attached hydrogen (secondary N) is 2. The molecular weight excluding hydrogens is 602 g/mol. The van der Waals surface area contributed by atoms with Gasteiger partial charge in [-0.25, -0.2) is 8.78 Å². The molecule has 2 aromatic carbocycles. The minimum atomic E-state index is -1.17. The van der Waals surface area contributed by atoms with Gasteiger partial charge >= 0.3 is 5.97 Å². The monoisotopic (exact) mass is 658 g/mol. The van der Waals surface area contributed by atoms with E-state index in [1.807, 2.05) is 44.2 Å². The van der Waals surface area contributed by atoms with Crippen molar-refractivity contribution in [2.24, 2.45) is 16.9 Å². The summed E-state index contributed by atoms with van der Waals surface area (Å²) in [4.78, 5) is 38.7. The average molecular weight is 659 g/mol. The van der Waals surface area contributed by atoms with Gasteiger partial charge in [0, 0.05) is 32.0 Å². The Morgan fingerprint density at radius 2 is 1.45 bits per heavy atom. The molecule has 0 aliphatic carbocycles. The maximum atomic E-state index is 14.0. The highest BCUT2D eigenvalue weighted by Crippen LogP contribution is 2.16. The van der Waals surface area contributed by atoms with Crippen molar-refractivity contribution in [3.8, 4) is 0 Å². The number of carbonyl (C=O) groups excluding carboxylic acids is 3. The van der Waals surface area contributed by atoms with E-state index in [-0.39, 0.29) is 43.8 Å². The third-order valence-electron chi connectivity index (χ3n) is 8.15. The largest absolute Gasteiger partial charge is 0.451 e. The van der Waals surface area contributed by atoms with Gasteiger partial charge in [-0.3, -0.25) is 14.4 Å². The quantitative estimate of drug-likeness (QED) is 0.0869. The van der Waals surface area contributed by atoms with Crippen LogP contribution in [0.3, 0.4) is 0 Å². The zero-order chi connectivity index (χ0) is 34.7. The molecule has 3 unspecified atom stereocenters. The van der Waals surface area contributed by atoms with Crippen LogP contribution in [0.2, 0.25) is 0 Å². The van der Waals surface area contributed by atoms with Crippen LogP contribution in [0.1, 0.15) is 103 Å². The summed E-state index contributed by atoms with van der Waals surface area (Å²) in [5, 5.41) is 5.67. The second kappa shape index (κ2) is 21.5. The molecule has 0 heterocycles. The Morgan fingerprint density at radius 1 is 0.830 bits per heavy atom. The minimum absolute atomic E-state index is 0.0128. The first-order valence-corrected chi connectivity index (χ1v) is 17.1. The molecule has 0 fully saturated rings. The predicted molar refractivity (Wildman–Crippen MR) is 182 cm³/mol. The molecule has 0 bridgehead atoms. The van der Waals surface area contributed by atoms with E-state index in [9.17, 15) is 23.2 Å². The van der Waals surface area contributed by atoms with Crippen molar-refractivity contribution >= 4 is 17.8 Å². The van der Waals surface area contributed by atoms with Gasteiger partial charge in [-0.05, 0) is 54.0 Å². The Morgan fingerprint density at radius 3 is 2.11 bits per heavy atom. The third kappa shape index (κ3) is 16.8. The van der Waals surface area contributed by atoms with Crippen LogP contribution < -0.4 is 22.1 Å². The molecule has 0 aliphatic heterocycles. The number of esters is 1. The highest BCUT2D eigenvalue weighted by molar-refractivity contribution is 5.84. The smallest absolute Gasteiger partial charge is 0.306 e. The van der Waals surface area contributed by atoms with E-state index in [1.165, 1.54) is 32.1 Å². The summed E-state index contributed by atoms with van der Waals surface area (Å²) in [7, 11) is 0. The zero-order valence-electron chi connectivity index (χ0n) is 28.5. The molecule has 47 heavy (non-hydrogen) atoms. The van der Waals surface area contributed by atoms with Crippen molar-refractivity contribution in [3.05, 3.63) is 71.3 Å². The molecule has 0 aromatic heterocycles. The summed E-state index contributed by atoms with van der Waals surface area (Å²) in [6.45, 7) is 6.33. The van der Waals surface area contributed by atoms with E-state index in [0.717, 1.165) is 43.0 Å². The number of rotatable bonds is 23. The number of nitrogens with two attached hydrogens (primary N) is 2. The van der Waals surface area contributed by atoms with Gasteiger partial charge in [0.2, 0.25) is 5.91 Å². The van der Waals surface area contributed by atoms with Crippen LogP contribution in [-0.2, 0) is 32.0 Å². The van der Waals surface area contributed by atoms with E-state index in [4.69, 9.17) is 16.2 Å². The maximum Gasteiger partial charge on any atom is 0.306 e. The van der Waals surface area contributed by atoms with E-state index in [1.54, 1.807) is 0 Å². The van der Waals surface area contributed by atoms with E-state index >= 15 is 0 Å². The molecular formula is C37H56F2N4O4. The summed E-state index contributed by atoms with van der Waals surface area (Å²) >= 11 is 0. The molecule has 0 radical (unpaired) electrons. The number of hydrogen-bond acceptors (Lipinski definition) is 6. The molecule has 2 rings (SSSR count). The fourth-order valence-corrected chi connectivity index (χ4v) is 5.30. The van der Waals surface area contributed by atoms with Gasteiger partial charge in [0.15, 0.2) is 6.10 Å². The van der Waals surface area contributed by atoms with Gasteiger partial charge in [0.1, 0.15) is 11.6 Å². The lowest BCUT2D eigenvalue weighted by Gasteiger charge is -2.28. The molecule has 10 heteroatoms. The molecule has 262 valence electrons. The number of halogens is 2. The van der Waals surface area contributed by atoms with Gasteiger partial charge in [-0.15, -0.1) is 0 Å². The standard InChI is InChI=1S/C37H56F2N4O4/c1-4-5-6-7-8-9-10-11-15-18-34(45)47-35(32(41)21-27-16-13-12-14-17-27)36(46)43-26-37(2,3)25-42-33(44)24-30(40)23-28-22-29(38)19-20-31(28)39/h12-14,16-17,19-20,22,30,32,35H,4-11,15,18,21,23-26,40-41H2,1-3H3,(H,42,44)(H,43,46). The van der Waals surface area contributed by atoms with Crippen LogP contribution in [0.15, 0.2) is 48.5 Å². The number of ether oxygens (including phenoxy) is 1. The van der Waals surface area contributed by atoms with Crippen LogP contribution in [0, 0.1) is 17.0 Å². The van der Waals surface area contributed by atoms with Crippen LogP contribution in [0.5, 0.6) is 0 Å². The highest BCUT2D eigenvalue weighted by atomic mass is 19.1. The first kappa shape index (κ1) is 39.8. The van der Waals surface area contributed by atoms with Crippen molar-refractivity contribution in [3.63, 3.8) is 0 Å². The van der Waals surface area contributed by atoms with Crippen molar-refractivity contribution in [1.29, 1.82) is 0 Å². The Hall–Kier alpha value is -3.37. The summed E-state index contributed by atoms with van der Waals surface area (Å²) in [6.07, 6.45) is 9.45. The number of benzene rings is 2. The number of amides is 2. The van der Waals surface area contributed by atoms with E-state index < -0.39 is 47.1 Å². The van der Waals surface area contributed by atoms with Gasteiger partial charge in [-0.1, -0.05) is 102 Å². The third-order valence-corrected chi connectivity index (χ3v) is 8.15. The van der Waals surface area contributed by atoms with Crippen molar-refractivity contribution in [2.75, 3.05) is 13.1 Å². The summed E-state index contributed by atoms with van der Waals surface area (Å²) < 4.78 is 33.1. The molecule has 2 amide bonds. The lowest BCUT2D eigenvalue weighted by molar-refractivity contribution is -0.157. The Labute approximate surface area is 279 Å². The first-order chi connectivity index (χ1) is 22.4. The van der Waals surface area contributed by atoms with Gasteiger partial charge in [-0.2, -0.15) is 0 Å². The molecule has 0 saturated heterocycles. The van der Waals surface area contributed by atoms with Crippen molar-refractivity contribution in [2.45, 2.75) is 122 Å². The molecule has 3 atom stereocenters. The van der Waals surface area contributed by atoms with Crippen molar-refractivity contribution < 1.29 is 27.9 Å². The normalized spacial score (nSPS) is 13.4. The zero-order valence-corrected chi connectivity index (χ0v) is 28.5. The minimum Gasteiger partial charge on any atom is -0.451 e.